The van der Waals surface area contributed by atoms with Crippen molar-refractivity contribution >= 4 is 5.91 Å². The van der Waals surface area contributed by atoms with Gasteiger partial charge in [-0.3, -0.25) is 4.79 Å². The van der Waals surface area contributed by atoms with E-state index < -0.39 is 0 Å². The number of carbonyl (C=O) groups is 1. The number of aliphatic hydroxyl groups is 1. The van der Waals surface area contributed by atoms with Gasteiger partial charge in [-0.05, 0) is 25.7 Å². The van der Waals surface area contributed by atoms with Crippen LogP contribution in [0.3, 0.4) is 0 Å². The van der Waals surface area contributed by atoms with Crippen molar-refractivity contribution in [2.45, 2.75) is 44.7 Å². The van der Waals surface area contributed by atoms with Gasteiger partial charge in [0.15, 0.2) is 0 Å². The largest absolute Gasteiger partial charge is 0.396 e. The van der Waals surface area contributed by atoms with Gasteiger partial charge in [-0.15, -0.1) is 0 Å². The SMILES string of the molecule is CC(NC1CCCCC1CO)C(=O)N(C)C. The monoisotopic (exact) mass is 228 g/mol. The van der Waals surface area contributed by atoms with Crippen LogP contribution in [0.15, 0.2) is 0 Å². The Bertz CT molecular complexity index is 231. The summed E-state index contributed by atoms with van der Waals surface area (Å²) in [6.07, 6.45) is 4.52. The molecule has 0 spiro atoms. The number of aliphatic hydroxyl groups excluding tert-OH is 1. The number of nitrogens with zero attached hydrogens (tertiary/aromatic N) is 1. The highest BCUT2D eigenvalue weighted by atomic mass is 16.3. The van der Waals surface area contributed by atoms with E-state index in [9.17, 15) is 9.90 Å². The molecule has 0 heterocycles. The van der Waals surface area contributed by atoms with E-state index in [1.54, 1.807) is 19.0 Å². The second-order valence-electron chi connectivity index (χ2n) is 4.95. The van der Waals surface area contributed by atoms with Crippen LogP contribution in [0.2, 0.25) is 0 Å². The summed E-state index contributed by atoms with van der Waals surface area (Å²) in [6, 6.07) is 0.129. The van der Waals surface area contributed by atoms with Crippen LogP contribution >= 0.6 is 0 Å². The zero-order chi connectivity index (χ0) is 12.1. The summed E-state index contributed by atoms with van der Waals surface area (Å²) < 4.78 is 0. The first-order valence-electron chi connectivity index (χ1n) is 6.14. The maximum Gasteiger partial charge on any atom is 0.238 e. The highest BCUT2D eigenvalue weighted by molar-refractivity contribution is 5.80. The van der Waals surface area contributed by atoms with Crippen LogP contribution < -0.4 is 5.32 Å². The molecule has 3 unspecified atom stereocenters. The quantitative estimate of drug-likeness (QED) is 0.741. The molecule has 1 rings (SSSR count). The summed E-state index contributed by atoms with van der Waals surface area (Å²) in [5.74, 6) is 0.411. The summed E-state index contributed by atoms with van der Waals surface area (Å²) in [7, 11) is 3.54. The molecule has 0 aromatic heterocycles. The van der Waals surface area contributed by atoms with E-state index in [0.717, 1.165) is 12.8 Å². The second kappa shape index (κ2) is 6.21. The number of hydrogen-bond acceptors (Lipinski definition) is 3. The van der Waals surface area contributed by atoms with Gasteiger partial charge in [0.1, 0.15) is 0 Å². The number of nitrogens with one attached hydrogen (secondary N) is 1. The first-order valence-corrected chi connectivity index (χ1v) is 6.14. The topological polar surface area (TPSA) is 52.6 Å². The van der Waals surface area contributed by atoms with Crippen molar-refractivity contribution in [3.63, 3.8) is 0 Å². The van der Waals surface area contributed by atoms with Gasteiger partial charge in [0.2, 0.25) is 5.91 Å². The van der Waals surface area contributed by atoms with Gasteiger partial charge in [-0.2, -0.15) is 0 Å². The van der Waals surface area contributed by atoms with Gasteiger partial charge >= 0.3 is 0 Å². The fraction of sp³-hybridized carbons (Fsp3) is 0.917. The minimum atomic E-state index is -0.160. The average molecular weight is 228 g/mol. The summed E-state index contributed by atoms with van der Waals surface area (Å²) in [4.78, 5) is 13.3. The van der Waals surface area contributed by atoms with Crippen molar-refractivity contribution < 1.29 is 9.90 Å². The number of amides is 1. The molecule has 16 heavy (non-hydrogen) atoms. The summed E-state index contributed by atoms with van der Waals surface area (Å²) >= 11 is 0. The Labute approximate surface area is 98.0 Å². The van der Waals surface area contributed by atoms with E-state index in [1.165, 1.54) is 12.8 Å². The minimum absolute atomic E-state index is 0.0993. The molecule has 1 saturated carbocycles. The van der Waals surface area contributed by atoms with Crippen LogP contribution in [-0.4, -0.2) is 48.7 Å². The molecule has 0 radical (unpaired) electrons. The van der Waals surface area contributed by atoms with Crippen molar-refractivity contribution in [2.24, 2.45) is 5.92 Å². The molecule has 4 heteroatoms. The first-order chi connectivity index (χ1) is 7.56. The van der Waals surface area contributed by atoms with Crippen molar-refractivity contribution in [1.29, 1.82) is 0 Å². The molecule has 1 fully saturated rings. The van der Waals surface area contributed by atoms with E-state index in [4.69, 9.17) is 0 Å². The lowest BCUT2D eigenvalue weighted by Gasteiger charge is -2.33. The van der Waals surface area contributed by atoms with Crippen molar-refractivity contribution in [2.75, 3.05) is 20.7 Å². The normalized spacial score (nSPS) is 27.5. The Morgan fingerprint density at radius 3 is 2.62 bits per heavy atom. The van der Waals surface area contributed by atoms with E-state index >= 15 is 0 Å². The highest BCUT2D eigenvalue weighted by Crippen LogP contribution is 2.24. The Morgan fingerprint density at radius 1 is 1.44 bits per heavy atom. The molecule has 0 bridgehead atoms. The smallest absolute Gasteiger partial charge is 0.238 e. The standard InChI is InChI=1S/C12H24N2O2/c1-9(12(16)14(2)3)13-11-7-5-4-6-10(11)8-15/h9-11,13,15H,4-8H2,1-3H3. The molecule has 2 N–H and O–H groups in total. The fourth-order valence-electron chi connectivity index (χ4n) is 2.43. The summed E-state index contributed by atoms with van der Waals surface area (Å²) in [5.41, 5.74) is 0. The lowest BCUT2D eigenvalue weighted by Crippen LogP contribution is -2.50. The molecule has 0 saturated heterocycles. The predicted molar refractivity (Wildman–Crippen MR) is 64.1 cm³/mol. The molecule has 0 aliphatic heterocycles. The van der Waals surface area contributed by atoms with Crippen molar-refractivity contribution in [3.05, 3.63) is 0 Å². The second-order valence-corrected chi connectivity index (χ2v) is 4.95. The lowest BCUT2D eigenvalue weighted by atomic mass is 9.84. The number of rotatable bonds is 4. The number of likely N-dealkylation sites (N-methyl/N-ethyl adjacent to an activating group) is 1. The minimum Gasteiger partial charge on any atom is -0.396 e. The van der Waals surface area contributed by atoms with Gasteiger partial charge < -0.3 is 15.3 Å². The zero-order valence-electron chi connectivity index (χ0n) is 10.6. The third kappa shape index (κ3) is 3.46. The Morgan fingerprint density at radius 2 is 2.06 bits per heavy atom. The van der Waals surface area contributed by atoms with Gasteiger partial charge in [-0.25, -0.2) is 0 Å². The Balaban J connectivity index is 2.47. The maximum absolute atomic E-state index is 11.7. The molecule has 1 aliphatic carbocycles. The van der Waals surface area contributed by atoms with Gasteiger partial charge in [0, 0.05) is 26.7 Å². The molecule has 3 atom stereocenters. The van der Waals surface area contributed by atoms with Gasteiger partial charge in [0.25, 0.3) is 0 Å². The van der Waals surface area contributed by atoms with Gasteiger partial charge in [-0.1, -0.05) is 12.8 Å². The molecule has 1 amide bonds. The van der Waals surface area contributed by atoms with E-state index in [-0.39, 0.29) is 24.6 Å². The summed E-state index contributed by atoms with van der Waals surface area (Å²) in [6.45, 7) is 2.12. The van der Waals surface area contributed by atoms with Gasteiger partial charge in [0.05, 0.1) is 6.04 Å². The highest BCUT2D eigenvalue weighted by Gasteiger charge is 2.27. The van der Waals surface area contributed by atoms with Crippen LogP contribution in [0, 0.1) is 5.92 Å². The lowest BCUT2D eigenvalue weighted by molar-refractivity contribution is -0.130. The fourth-order valence-corrected chi connectivity index (χ4v) is 2.43. The molecular formula is C12H24N2O2. The van der Waals surface area contributed by atoms with Crippen LogP contribution in [0.1, 0.15) is 32.6 Å². The predicted octanol–water partition coefficient (Wildman–Crippen LogP) is 0.604. The van der Waals surface area contributed by atoms with E-state index in [2.05, 4.69) is 5.32 Å². The Kier molecular flexibility index (Phi) is 5.22. The number of hydrogen-bond donors (Lipinski definition) is 2. The van der Waals surface area contributed by atoms with Crippen molar-refractivity contribution in [1.82, 2.24) is 10.2 Å². The maximum atomic E-state index is 11.7. The van der Waals surface area contributed by atoms with Crippen LogP contribution in [0.25, 0.3) is 0 Å². The van der Waals surface area contributed by atoms with Crippen LogP contribution in [0.5, 0.6) is 0 Å². The molecule has 94 valence electrons. The van der Waals surface area contributed by atoms with Crippen LogP contribution in [0.4, 0.5) is 0 Å². The third-order valence-corrected chi connectivity index (χ3v) is 3.42. The van der Waals surface area contributed by atoms with E-state index in [0.29, 0.717) is 5.92 Å². The number of carbonyl (C=O) groups excluding carboxylic acids is 1. The molecular weight excluding hydrogens is 204 g/mol. The summed E-state index contributed by atoms with van der Waals surface area (Å²) in [5, 5.41) is 12.6. The zero-order valence-corrected chi connectivity index (χ0v) is 10.6. The third-order valence-electron chi connectivity index (χ3n) is 3.42. The average Bonchev–Trinajstić information content (AvgIpc) is 2.28. The molecule has 0 aromatic carbocycles. The Hall–Kier alpha value is -0.610. The molecule has 0 aromatic rings. The van der Waals surface area contributed by atoms with Crippen LogP contribution in [-0.2, 0) is 4.79 Å². The molecule has 1 aliphatic rings. The first kappa shape index (κ1) is 13.5. The van der Waals surface area contributed by atoms with E-state index in [1.807, 2.05) is 6.92 Å². The van der Waals surface area contributed by atoms with Crippen molar-refractivity contribution in [3.8, 4) is 0 Å². The molecule has 4 nitrogen and oxygen atoms in total.